The molecule has 0 aromatic carbocycles. The number of rotatable bonds is 3. The first-order chi connectivity index (χ1) is 8.26. The Kier molecular flexibility index (Phi) is 3.85. The van der Waals surface area contributed by atoms with Crippen molar-refractivity contribution in [3.05, 3.63) is 0 Å². The van der Waals surface area contributed by atoms with E-state index in [-0.39, 0.29) is 0 Å². The van der Waals surface area contributed by atoms with Crippen LogP contribution in [0.4, 0.5) is 0 Å². The van der Waals surface area contributed by atoms with Crippen molar-refractivity contribution in [3.63, 3.8) is 0 Å². The predicted molar refractivity (Wildman–Crippen MR) is 77.4 cm³/mol. The van der Waals surface area contributed by atoms with E-state index in [0.29, 0.717) is 0 Å². The van der Waals surface area contributed by atoms with Crippen LogP contribution in [0.15, 0.2) is 0 Å². The van der Waals surface area contributed by atoms with E-state index in [4.69, 9.17) is 0 Å². The summed E-state index contributed by atoms with van der Waals surface area (Å²) in [7, 11) is 0. The quantitative estimate of drug-likeness (QED) is 0.612. The zero-order valence-corrected chi connectivity index (χ0v) is 12.8. The monoisotopic (exact) mass is 298 g/mol. The Morgan fingerprint density at radius 2 is 1.82 bits per heavy atom. The molecular formula is C16H27Br. The van der Waals surface area contributed by atoms with Crippen molar-refractivity contribution in [2.45, 2.75) is 69.5 Å². The maximum absolute atomic E-state index is 3.97. The number of hydrogen-bond donors (Lipinski definition) is 0. The van der Waals surface area contributed by atoms with E-state index < -0.39 is 0 Å². The molecular weight excluding hydrogens is 272 g/mol. The van der Waals surface area contributed by atoms with Crippen LogP contribution in [0.1, 0.15) is 64.7 Å². The fourth-order valence-electron chi connectivity index (χ4n) is 4.99. The van der Waals surface area contributed by atoms with Gasteiger partial charge in [0, 0.05) is 4.83 Å². The van der Waals surface area contributed by atoms with Gasteiger partial charge in [0.25, 0.3) is 0 Å². The summed E-state index contributed by atoms with van der Waals surface area (Å²) in [6, 6.07) is 0. The van der Waals surface area contributed by atoms with Gasteiger partial charge in [-0.15, -0.1) is 0 Å². The number of halogens is 1. The molecule has 6 unspecified atom stereocenters. The molecule has 17 heavy (non-hydrogen) atoms. The fourth-order valence-corrected chi connectivity index (χ4v) is 5.69. The minimum Gasteiger partial charge on any atom is -0.0888 e. The van der Waals surface area contributed by atoms with Crippen LogP contribution in [-0.2, 0) is 0 Å². The van der Waals surface area contributed by atoms with Crippen molar-refractivity contribution in [3.8, 4) is 0 Å². The molecule has 2 bridgehead atoms. The fraction of sp³-hybridized carbons (Fsp3) is 1.00. The molecule has 3 aliphatic rings. The molecule has 3 rings (SSSR count). The van der Waals surface area contributed by atoms with Crippen LogP contribution in [0, 0.1) is 29.6 Å². The second-order valence-corrected chi connectivity index (χ2v) is 8.21. The standard InChI is InChI=1S/C16H27Br/c1-2-11-4-6-16(17)15(7-11)10-14-9-12-3-5-13(14)8-12/h11-16H,2-10H2,1H3. The largest absolute Gasteiger partial charge is 0.0888 e. The summed E-state index contributed by atoms with van der Waals surface area (Å²) < 4.78 is 0. The molecule has 0 saturated heterocycles. The van der Waals surface area contributed by atoms with Gasteiger partial charge in [-0.3, -0.25) is 0 Å². The summed E-state index contributed by atoms with van der Waals surface area (Å²) in [5.74, 6) is 5.39. The zero-order valence-electron chi connectivity index (χ0n) is 11.2. The van der Waals surface area contributed by atoms with E-state index in [9.17, 15) is 0 Å². The van der Waals surface area contributed by atoms with Gasteiger partial charge in [0.15, 0.2) is 0 Å². The first-order valence-electron chi connectivity index (χ1n) is 7.90. The molecule has 0 heterocycles. The van der Waals surface area contributed by atoms with Gasteiger partial charge in [-0.05, 0) is 74.5 Å². The Hall–Kier alpha value is 0.480. The number of alkyl halides is 1. The summed E-state index contributed by atoms with van der Waals surface area (Å²) in [5, 5.41) is 0. The summed E-state index contributed by atoms with van der Waals surface area (Å²) in [6.07, 6.45) is 13.7. The topological polar surface area (TPSA) is 0 Å². The third kappa shape index (κ3) is 2.60. The lowest BCUT2D eigenvalue weighted by Gasteiger charge is -2.36. The molecule has 0 aromatic rings. The molecule has 98 valence electrons. The molecule has 3 saturated carbocycles. The van der Waals surface area contributed by atoms with Crippen LogP contribution in [0.25, 0.3) is 0 Å². The summed E-state index contributed by atoms with van der Waals surface area (Å²) in [5.41, 5.74) is 0. The predicted octanol–water partition coefficient (Wildman–Crippen LogP) is 5.40. The smallest absolute Gasteiger partial charge is 0.0174 e. The Labute approximate surface area is 115 Å². The van der Waals surface area contributed by atoms with Crippen molar-refractivity contribution in [2.75, 3.05) is 0 Å². The number of hydrogen-bond acceptors (Lipinski definition) is 0. The van der Waals surface area contributed by atoms with Gasteiger partial charge in [-0.25, -0.2) is 0 Å². The second-order valence-electron chi connectivity index (χ2n) is 7.03. The van der Waals surface area contributed by atoms with Gasteiger partial charge in [-0.2, -0.15) is 0 Å². The molecule has 0 amide bonds. The summed E-state index contributed by atoms with van der Waals surface area (Å²) >= 11 is 3.97. The van der Waals surface area contributed by atoms with E-state index in [2.05, 4.69) is 22.9 Å². The van der Waals surface area contributed by atoms with Crippen LogP contribution in [0.2, 0.25) is 0 Å². The van der Waals surface area contributed by atoms with Crippen LogP contribution < -0.4 is 0 Å². The molecule has 0 aromatic heterocycles. The van der Waals surface area contributed by atoms with Gasteiger partial charge in [0.1, 0.15) is 0 Å². The van der Waals surface area contributed by atoms with Gasteiger partial charge < -0.3 is 0 Å². The van der Waals surface area contributed by atoms with Crippen molar-refractivity contribution >= 4 is 15.9 Å². The summed E-state index contributed by atoms with van der Waals surface area (Å²) in [4.78, 5) is 0.837. The highest BCUT2D eigenvalue weighted by Gasteiger charge is 2.41. The van der Waals surface area contributed by atoms with Crippen LogP contribution >= 0.6 is 15.9 Å². The minimum atomic E-state index is 0.837. The van der Waals surface area contributed by atoms with Crippen LogP contribution in [0.3, 0.4) is 0 Å². The van der Waals surface area contributed by atoms with E-state index in [0.717, 1.165) is 34.4 Å². The van der Waals surface area contributed by atoms with Gasteiger partial charge in [0.05, 0.1) is 0 Å². The van der Waals surface area contributed by atoms with Crippen LogP contribution in [0.5, 0.6) is 0 Å². The second kappa shape index (κ2) is 5.23. The SMILES string of the molecule is CCC1CCC(Br)C(CC2CC3CCC2C3)C1. The normalized spacial score (nSPS) is 49.8. The Balaban J connectivity index is 1.56. The van der Waals surface area contributed by atoms with Crippen molar-refractivity contribution < 1.29 is 0 Å². The van der Waals surface area contributed by atoms with Crippen molar-refractivity contribution in [1.82, 2.24) is 0 Å². The highest BCUT2D eigenvalue weighted by molar-refractivity contribution is 9.09. The first-order valence-corrected chi connectivity index (χ1v) is 8.81. The minimum absolute atomic E-state index is 0.837. The molecule has 0 nitrogen and oxygen atoms in total. The Morgan fingerprint density at radius 3 is 2.47 bits per heavy atom. The lowest BCUT2D eigenvalue weighted by atomic mass is 9.73. The summed E-state index contributed by atoms with van der Waals surface area (Å²) in [6.45, 7) is 2.38. The van der Waals surface area contributed by atoms with Gasteiger partial charge in [0.2, 0.25) is 0 Å². The van der Waals surface area contributed by atoms with Gasteiger partial charge >= 0.3 is 0 Å². The molecule has 0 N–H and O–H groups in total. The van der Waals surface area contributed by atoms with Crippen molar-refractivity contribution in [1.29, 1.82) is 0 Å². The molecule has 6 atom stereocenters. The molecule has 0 radical (unpaired) electrons. The lowest BCUT2D eigenvalue weighted by Crippen LogP contribution is -2.28. The highest BCUT2D eigenvalue weighted by Crippen LogP contribution is 2.52. The van der Waals surface area contributed by atoms with E-state index in [1.54, 1.807) is 32.1 Å². The van der Waals surface area contributed by atoms with E-state index >= 15 is 0 Å². The number of fused-ring (bicyclic) bond motifs is 2. The molecule has 0 aliphatic heterocycles. The average Bonchev–Trinajstić information content (AvgIpc) is 2.94. The lowest BCUT2D eigenvalue weighted by molar-refractivity contribution is 0.200. The van der Waals surface area contributed by atoms with Crippen molar-refractivity contribution in [2.24, 2.45) is 29.6 Å². The van der Waals surface area contributed by atoms with Gasteiger partial charge in [-0.1, -0.05) is 35.7 Å². The average molecular weight is 299 g/mol. The molecule has 3 aliphatic carbocycles. The maximum Gasteiger partial charge on any atom is 0.0174 e. The Morgan fingerprint density at radius 1 is 0.941 bits per heavy atom. The highest BCUT2D eigenvalue weighted by atomic mass is 79.9. The maximum atomic E-state index is 3.97. The first kappa shape index (κ1) is 12.5. The molecule has 1 heteroatoms. The molecule has 3 fully saturated rings. The third-order valence-electron chi connectivity index (χ3n) is 6.07. The van der Waals surface area contributed by atoms with E-state index in [1.165, 1.54) is 25.7 Å². The Bertz CT molecular complexity index is 262. The van der Waals surface area contributed by atoms with E-state index in [1.807, 2.05) is 0 Å². The third-order valence-corrected chi connectivity index (χ3v) is 7.27. The van der Waals surface area contributed by atoms with Crippen LogP contribution in [-0.4, -0.2) is 4.83 Å². The zero-order chi connectivity index (χ0) is 11.8. The molecule has 0 spiro atoms.